The van der Waals surface area contributed by atoms with Crippen molar-refractivity contribution in [3.63, 3.8) is 0 Å². The van der Waals surface area contributed by atoms with Gasteiger partial charge in [0.05, 0.1) is 0 Å². The number of likely N-dealkylation sites (tertiary alicyclic amines) is 1. The summed E-state index contributed by atoms with van der Waals surface area (Å²) in [6, 6.07) is 14.7. The highest BCUT2D eigenvalue weighted by Gasteiger charge is 2.19. The first kappa shape index (κ1) is 19.3. The molecule has 1 aliphatic rings. The molecule has 27 heavy (non-hydrogen) atoms. The number of amides is 1. The van der Waals surface area contributed by atoms with Crippen LogP contribution in [-0.4, -0.2) is 42.0 Å². The number of carbonyl (C=O) groups excluding carboxylic acids is 1. The summed E-state index contributed by atoms with van der Waals surface area (Å²) in [5.74, 6) is 0.677. The molecule has 0 saturated carbocycles. The minimum atomic E-state index is -0.0393. The van der Waals surface area contributed by atoms with Crippen LogP contribution in [-0.2, 0) is 4.79 Å². The van der Waals surface area contributed by atoms with Gasteiger partial charge in [-0.05, 0) is 74.5 Å². The minimum Gasteiger partial charge on any atom is -0.353 e. The van der Waals surface area contributed by atoms with Gasteiger partial charge < -0.3 is 10.2 Å². The zero-order chi connectivity index (χ0) is 18.7. The second-order valence-electron chi connectivity index (χ2n) is 7.14. The van der Waals surface area contributed by atoms with Crippen LogP contribution in [0.4, 0.5) is 0 Å². The van der Waals surface area contributed by atoms with Crippen molar-refractivity contribution in [2.45, 2.75) is 31.6 Å². The maximum absolute atomic E-state index is 11.8. The van der Waals surface area contributed by atoms with Gasteiger partial charge in [-0.15, -0.1) is 0 Å². The average molecular weight is 364 g/mol. The van der Waals surface area contributed by atoms with Crippen LogP contribution in [0.25, 0.3) is 6.08 Å². The Hall–Kier alpha value is -2.46. The molecule has 1 amide bonds. The molecule has 0 atom stereocenters. The van der Waals surface area contributed by atoms with E-state index in [0.717, 1.165) is 31.5 Å². The second-order valence-corrected chi connectivity index (χ2v) is 7.14. The molecule has 0 radical (unpaired) electrons. The molecule has 4 heteroatoms. The predicted octanol–water partition coefficient (Wildman–Crippen LogP) is 3.87. The van der Waals surface area contributed by atoms with Gasteiger partial charge in [-0.1, -0.05) is 36.4 Å². The molecule has 1 aliphatic heterocycles. The summed E-state index contributed by atoms with van der Waals surface area (Å²) in [4.78, 5) is 18.4. The molecule has 3 rings (SSSR count). The summed E-state index contributed by atoms with van der Waals surface area (Å²) < 4.78 is 0. The summed E-state index contributed by atoms with van der Waals surface area (Å²) in [7, 11) is 0. The molecule has 1 fully saturated rings. The van der Waals surface area contributed by atoms with E-state index in [2.05, 4.69) is 45.5 Å². The maximum atomic E-state index is 11.8. The number of nitrogens with zero attached hydrogens (tertiary/aromatic N) is 2. The van der Waals surface area contributed by atoms with Crippen molar-refractivity contribution in [3.8, 4) is 0 Å². The number of pyridine rings is 1. The van der Waals surface area contributed by atoms with Crippen molar-refractivity contribution >= 4 is 12.0 Å². The summed E-state index contributed by atoms with van der Waals surface area (Å²) in [6.45, 7) is 4.22. The highest BCUT2D eigenvalue weighted by Crippen LogP contribution is 2.27. The number of rotatable bonds is 8. The molecule has 0 spiro atoms. The van der Waals surface area contributed by atoms with Crippen LogP contribution in [0.3, 0.4) is 0 Å². The highest BCUT2D eigenvalue weighted by molar-refractivity contribution is 5.91. The first-order chi connectivity index (χ1) is 13.3. The van der Waals surface area contributed by atoms with Crippen LogP contribution in [0.2, 0.25) is 0 Å². The van der Waals surface area contributed by atoms with E-state index in [4.69, 9.17) is 0 Å². The molecule has 2 aromatic rings. The standard InChI is InChI=1S/C23H29N3O/c27-23(11-10-20-7-6-14-24-19-20)25-15-4-5-16-26-17-12-22(13-18-26)21-8-2-1-3-9-21/h1-3,6-11,14,19,22H,4-5,12-13,15-18H2,(H,25,27)/b11-10-. The van der Waals surface area contributed by atoms with E-state index < -0.39 is 0 Å². The summed E-state index contributed by atoms with van der Waals surface area (Å²) in [5.41, 5.74) is 2.42. The number of hydrogen-bond acceptors (Lipinski definition) is 3. The molecule has 1 aromatic carbocycles. The normalized spacial score (nSPS) is 15.9. The topological polar surface area (TPSA) is 45.2 Å². The van der Waals surface area contributed by atoms with Crippen LogP contribution >= 0.6 is 0 Å². The molecular weight excluding hydrogens is 334 g/mol. The molecule has 142 valence electrons. The van der Waals surface area contributed by atoms with Crippen molar-refractivity contribution < 1.29 is 4.79 Å². The van der Waals surface area contributed by atoms with Crippen LogP contribution in [0.15, 0.2) is 60.9 Å². The zero-order valence-corrected chi connectivity index (χ0v) is 15.9. The number of aromatic nitrogens is 1. The first-order valence-corrected chi connectivity index (χ1v) is 9.94. The molecule has 0 bridgehead atoms. The van der Waals surface area contributed by atoms with Gasteiger partial charge in [0.1, 0.15) is 0 Å². The van der Waals surface area contributed by atoms with Crippen LogP contribution < -0.4 is 5.32 Å². The molecule has 1 N–H and O–H groups in total. The Kier molecular flexibility index (Phi) is 7.60. The lowest BCUT2D eigenvalue weighted by Gasteiger charge is -2.32. The van der Waals surface area contributed by atoms with E-state index in [0.29, 0.717) is 5.92 Å². The number of unbranched alkanes of at least 4 members (excludes halogenated alkanes) is 1. The molecule has 2 heterocycles. The number of nitrogens with one attached hydrogen (secondary N) is 1. The summed E-state index contributed by atoms with van der Waals surface area (Å²) >= 11 is 0. The van der Waals surface area contributed by atoms with E-state index in [-0.39, 0.29) is 5.91 Å². The van der Waals surface area contributed by atoms with E-state index in [9.17, 15) is 4.79 Å². The Balaban J connectivity index is 1.26. The number of carbonyl (C=O) groups is 1. The lowest BCUT2D eigenvalue weighted by Crippen LogP contribution is -2.34. The molecule has 1 saturated heterocycles. The number of piperidine rings is 1. The van der Waals surface area contributed by atoms with Gasteiger partial charge >= 0.3 is 0 Å². The molecule has 4 nitrogen and oxygen atoms in total. The predicted molar refractivity (Wildman–Crippen MR) is 110 cm³/mol. The summed E-state index contributed by atoms with van der Waals surface area (Å²) in [6.07, 6.45) is 11.5. The van der Waals surface area contributed by atoms with Crippen molar-refractivity contribution in [1.82, 2.24) is 15.2 Å². The highest BCUT2D eigenvalue weighted by atomic mass is 16.1. The number of benzene rings is 1. The minimum absolute atomic E-state index is 0.0393. The van der Waals surface area contributed by atoms with Gasteiger partial charge in [0.25, 0.3) is 0 Å². The van der Waals surface area contributed by atoms with Gasteiger partial charge in [0.2, 0.25) is 5.91 Å². The largest absolute Gasteiger partial charge is 0.353 e. The van der Waals surface area contributed by atoms with Crippen molar-refractivity contribution in [2.24, 2.45) is 0 Å². The Morgan fingerprint density at radius 3 is 2.67 bits per heavy atom. The average Bonchev–Trinajstić information content (AvgIpc) is 2.74. The lowest BCUT2D eigenvalue weighted by atomic mass is 9.89. The van der Waals surface area contributed by atoms with Gasteiger partial charge in [-0.3, -0.25) is 9.78 Å². The Morgan fingerprint density at radius 1 is 1.11 bits per heavy atom. The molecule has 0 unspecified atom stereocenters. The Morgan fingerprint density at radius 2 is 1.93 bits per heavy atom. The van der Waals surface area contributed by atoms with Gasteiger partial charge in [-0.2, -0.15) is 0 Å². The van der Waals surface area contributed by atoms with E-state index in [1.807, 2.05) is 12.1 Å². The fourth-order valence-electron chi connectivity index (χ4n) is 3.59. The van der Waals surface area contributed by atoms with Crippen molar-refractivity contribution in [1.29, 1.82) is 0 Å². The quantitative estimate of drug-likeness (QED) is 0.572. The van der Waals surface area contributed by atoms with E-state index in [1.165, 1.54) is 31.5 Å². The SMILES string of the molecule is O=C(/C=C\c1cccnc1)NCCCCN1CCC(c2ccccc2)CC1. The van der Waals surface area contributed by atoms with Crippen molar-refractivity contribution in [2.75, 3.05) is 26.2 Å². The van der Waals surface area contributed by atoms with Crippen molar-refractivity contribution in [3.05, 3.63) is 72.1 Å². The lowest BCUT2D eigenvalue weighted by molar-refractivity contribution is -0.116. The van der Waals surface area contributed by atoms with E-state index in [1.54, 1.807) is 24.5 Å². The first-order valence-electron chi connectivity index (χ1n) is 9.94. The van der Waals surface area contributed by atoms with Crippen LogP contribution in [0, 0.1) is 0 Å². The van der Waals surface area contributed by atoms with Gasteiger partial charge in [0.15, 0.2) is 0 Å². The Bertz CT molecular complexity index is 707. The van der Waals surface area contributed by atoms with Gasteiger partial charge in [0, 0.05) is 25.0 Å². The monoisotopic (exact) mass is 363 g/mol. The summed E-state index contributed by atoms with van der Waals surface area (Å²) in [5, 5.41) is 2.95. The third kappa shape index (κ3) is 6.65. The molecular formula is C23H29N3O. The van der Waals surface area contributed by atoms with Gasteiger partial charge in [-0.25, -0.2) is 0 Å². The fourth-order valence-corrected chi connectivity index (χ4v) is 3.59. The fraction of sp³-hybridized carbons (Fsp3) is 0.391. The Labute approximate surface area is 162 Å². The zero-order valence-electron chi connectivity index (χ0n) is 15.9. The molecule has 1 aromatic heterocycles. The van der Waals surface area contributed by atoms with Crippen LogP contribution in [0.1, 0.15) is 42.7 Å². The maximum Gasteiger partial charge on any atom is 0.243 e. The van der Waals surface area contributed by atoms with Crippen LogP contribution in [0.5, 0.6) is 0 Å². The smallest absolute Gasteiger partial charge is 0.243 e. The number of hydrogen-bond donors (Lipinski definition) is 1. The third-order valence-electron chi connectivity index (χ3n) is 5.17. The molecule has 0 aliphatic carbocycles. The second kappa shape index (κ2) is 10.6. The third-order valence-corrected chi connectivity index (χ3v) is 5.17. The van der Waals surface area contributed by atoms with E-state index >= 15 is 0 Å².